The van der Waals surface area contributed by atoms with Gasteiger partial charge in [0.05, 0.1) is 48.3 Å². The van der Waals surface area contributed by atoms with Gasteiger partial charge in [-0.1, -0.05) is 615 Å². The lowest BCUT2D eigenvalue weighted by atomic mass is 10.0. The molecule has 135 heavy (non-hydrogen) atoms. The van der Waals surface area contributed by atoms with E-state index in [2.05, 4.69) is 158 Å². The zero-order valence-electron chi connectivity index (χ0n) is 98.6. The molecule has 0 heterocycles. The Balaban J connectivity index is -0.0000000896. The van der Waals surface area contributed by atoms with Gasteiger partial charge >= 0.3 is 41.8 Å². The van der Waals surface area contributed by atoms with Crippen LogP contribution < -0.4 is 0 Å². The average Bonchev–Trinajstić information content (AvgIpc) is 1.10. The Morgan fingerprint density at radius 1 is 0.148 bits per heavy atom. The quantitative estimate of drug-likeness (QED) is 0.0318. The maximum Gasteiger partial charge on any atom is 0.305 e. The highest BCUT2D eigenvalue weighted by molar-refractivity contribution is 5.70. The van der Waals surface area contributed by atoms with Crippen LogP contribution in [0.2, 0.25) is 0 Å². The molecular weight excluding hydrogens is 1680 g/mol. The fourth-order valence-electron chi connectivity index (χ4n) is 12.7. The Hall–Kier alpha value is -3.71. The Morgan fingerprint density at radius 2 is 0.304 bits per heavy atom. The van der Waals surface area contributed by atoms with E-state index in [0.717, 1.165) is 57.8 Å². The van der Waals surface area contributed by atoms with Gasteiger partial charge in [0.25, 0.3) is 0 Å². The molecule has 0 fully saturated rings. The minimum Gasteiger partial charge on any atom is -0.469 e. The second-order valence-corrected chi connectivity index (χ2v) is 36.4. The largest absolute Gasteiger partial charge is 0.469 e. The summed E-state index contributed by atoms with van der Waals surface area (Å²) in [5.41, 5.74) is 0. The van der Waals surface area contributed by atoms with Crippen molar-refractivity contribution in [2.45, 2.75) is 700 Å². The third-order valence-corrected chi connectivity index (χ3v) is 21.5. The van der Waals surface area contributed by atoms with E-state index in [1.807, 2.05) is 20.8 Å². The summed E-state index contributed by atoms with van der Waals surface area (Å²) in [6, 6.07) is 0. The molecule has 0 bridgehead atoms. The SMILES string of the molecule is CCC.CCC(=O)OC.CCCC(=O)OC.CCCCC.CCCCC(=O)OC.CCCCCC(=O)OC.CCCCCCC.CCCCCCCCC.CCCCCCCCCCC.CCCCCCCCCCCCC.CCCCCCCCCCCCCCCCC.CCCCCCCCCCCCCCCCCCC.CCCCOC(C)=O.CCCOC(C)=O.CCOC(C)=O. The fraction of sp³-hybridized carbons (Fsp3) is 0.942. The first kappa shape index (κ1) is 165. The second kappa shape index (κ2) is 186. The van der Waals surface area contributed by atoms with E-state index in [9.17, 15) is 33.6 Å². The normalized spacial score (nSPS) is 9.59. The average molecular weight is 1940 g/mol. The molecule has 0 aromatic carbocycles. The van der Waals surface area contributed by atoms with Gasteiger partial charge in [-0.3, -0.25) is 33.6 Å². The highest BCUT2D eigenvalue weighted by Gasteiger charge is 2.01. The molecule has 826 valence electrons. The van der Waals surface area contributed by atoms with Crippen LogP contribution in [0.4, 0.5) is 0 Å². The van der Waals surface area contributed by atoms with Crippen molar-refractivity contribution in [3.8, 4) is 0 Å². The molecule has 0 aliphatic heterocycles. The lowest BCUT2D eigenvalue weighted by molar-refractivity contribution is -0.141. The topological polar surface area (TPSA) is 184 Å². The van der Waals surface area contributed by atoms with Crippen LogP contribution in [0.5, 0.6) is 0 Å². The van der Waals surface area contributed by atoms with Crippen molar-refractivity contribution < 1.29 is 66.7 Å². The molecule has 0 unspecified atom stereocenters. The molecule has 0 atom stereocenters. The van der Waals surface area contributed by atoms with Gasteiger partial charge in [0.1, 0.15) is 0 Å². The molecule has 0 N–H and O–H groups in total. The molecular formula is C121H258O14. The van der Waals surface area contributed by atoms with E-state index < -0.39 is 0 Å². The van der Waals surface area contributed by atoms with E-state index in [1.165, 1.54) is 486 Å². The smallest absolute Gasteiger partial charge is 0.305 e. The van der Waals surface area contributed by atoms with E-state index in [0.29, 0.717) is 45.5 Å². The predicted octanol–water partition coefficient (Wildman–Crippen LogP) is 42.2. The molecule has 14 nitrogen and oxygen atoms in total. The predicted molar refractivity (Wildman–Crippen MR) is 602 cm³/mol. The van der Waals surface area contributed by atoms with Crippen LogP contribution >= 0.6 is 0 Å². The van der Waals surface area contributed by atoms with E-state index >= 15 is 0 Å². The molecule has 0 aliphatic rings. The summed E-state index contributed by atoms with van der Waals surface area (Å²) in [5, 5.41) is 0. The lowest BCUT2D eigenvalue weighted by Crippen LogP contribution is -1.99. The van der Waals surface area contributed by atoms with Crippen LogP contribution in [-0.4, -0.2) is 90.0 Å². The van der Waals surface area contributed by atoms with E-state index in [1.54, 1.807) is 13.8 Å². The molecule has 0 rings (SSSR count). The van der Waals surface area contributed by atoms with Gasteiger partial charge in [0.15, 0.2) is 0 Å². The van der Waals surface area contributed by atoms with Gasteiger partial charge in [0, 0.05) is 46.5 Å². The van der Waals surface area contributed by atoms with Gasteiger partial charge in [0.2, 0.25) is 0 Å². The number of unbranched alkanes of at least 4 members (excludes halogenated alkanes) is 64. The monoisotopic (exact) mass is 1940 g/mol. The van der Waals surface area contributed by atoms with Crippen molar-refractivity contribution in [1.29, 1.82) is 0 Å². The Bertz CT molecular complexity index is 1850. The van der Waals surface area contributed by atoms with Gasteiger partial charge in [-0.15, -0.1) is 0 Å². The van der Waals surface area contributed by atoms with Crippen molar-refractivity contribution in [3.05, 3.63) is 0 Å². The maximum absolute atomic E-state index is 10.5. The van der Waals surface area contributed by atoms with Crippen LogP contribution in [0, 0.1) is 0 Å². The first-order chi connectivity index (χ1) is 65.4. The van der Waals surface area contributed by atoms with Crippen molar-refractivity contribution in [2.75, 3.05) is 48.3 Å². The van der Waals surface area contributed by atoms with Crippen molar-refractivity contribution in [1.82, 2.24) is 0 Å². The number of rotatable bonds is 76. The summed E-state index contributed by atoms with van der Waals surface area (Å²) in [6.07, 6.45) is 109. The second-order valence-electron chi connectivity index (χ2n) is 36.4. The molecule has 0 spiro atoms. The number of hydrogen-bond acceptors (Lipinski definition) is 14. The van der Waals surface area contributed by atoms with Crippen LogP contribution in [0.3, 0.4) is 0 Å². The van der Waals surface area contributed by atoms with E-state index in [-0.39, 0.29) is 41.8 Å². The summed E-state index contributed by atoms with van der Waals surface area (Å²) in [7, 11) is 5.62. The molecule has 0 aromatic heterocycles. The third-order valence-electron chi connectivity index (χ3n) is 21.5. The molecule has 0 saturated carbocycles. The van der Waals surface area contributed by atoms with Crippen LogP contribution in [0.25, 0.3) is 0 Å². The van der Waals surface area contributed by atoms with Gasteiger partial charge < -0.3 is 33.2 Å². The van der Waals surface area contributed by atoms with Crippen LogP contribution in [0.15, 0.2) is 0 Å². The first-order valence-corrected chi connectivity index (χ1v) is 59.0. The minimum absolute atomic E-state index is 0.0940. The van der Waals surface area contributed by atoms with E-state index in [4.69, 9.17) is 0 Å². The Kier molecular flexibility index (Phi) is 227. The molecule has 0 saturated heterocycles. The standard InChI is InChI=1S/C19H40.C17H36.C13H28.C11H24.C9H20.C7H14O2.C7H16.2C6H12O2.2C5H10O2.C5H12.2C4H8O2.C3H8/c1-3-5-7-9-11-13-15-17-19-18-16-14-12-10-8-6-4-2;1-3-5-7-9-11-13-15-17-16-14-12-10-8-6-4-2;1-3-5-7-9-11-13-12-10-8-6-4-2;1-3-5-7-9-11-10-8-6-4-2;1-3-5-7-9-8-6-4-2;1-3-4-5-6-7(8)9-2;1-3-5-7-6-4-2;1-3-4-5-6(7)8-2;1-3-4-5-8-6(2)7;1-3-4-5(6)7-2;1-3-4-7-5(2)6;1-3-5-4-2;1-3-4(5)6-2;1-3-6-4(2)5;1-3-2/h3-19H2,1-2H3;3-17H2,1-2H3;3-13H2,1-2H3;3-11H2,1-2H3;3-9H2,1-2H3;3-6H2,1-2H3;3-7H2,1-2H3;2*3-5H2,1-2H3;2*3-4H2,1-2H3;3-5H2,1-2H3;2*3H2,1-2H3;3H2,1-2H3. The molecule has 0 radical (unpaired) electrons. The number of ether oxygens (including phenoxy) is 7. The third kappa shape index (κ3) is 263. The Morgan fingerprint density at radius 3 is 0.415 bits per heavy atom. The molecule has 14 heteroatoms. The van der Waals surface area contributed by atoms with Crippen LogP contribution in [-0.2, 0) is 66.7 Å². The van der Waals surface area contributed by atoms with Crippen molar-refractivity contribution in [3.63, 3.8) is 0 Å². The maximum atomic E-state index is 10.5. The number of esters is 7. The van der Waals surface area contributed by atoms with Gasteiger partial charge in [-0.2, -0.15) is 0 Å². The Labute approximate surface area is 852 Å². The lowest BCUT2D eigenvalue weighted by Gasteiger charge is -2.03. The summed E-state index contributed by atoms with van der Waals surface area (Å²) < 4.78 is 31.1. The zero-order chi connectivity index (χ0) is 105. The highest BCUT2D eigenvalue weighted by atomic mass is 16.5. The number of carbonyl (C=O) groups is 7. The van der Waals surface area contributed by atoms with Gasteiger partial charge in [-0.05, 0) is 39.0 Å². The summed E-state index contributed by atoms with van der Waals surface area (Å²) in [6.45, 7) is 55.5. The summed E-state index contributed by atoms with van der Waals surface area (Å²) >= 11 is 0. The fourth-order valence-corrected chi connectivity index (χ4v) is 12.7. The van der Waals surface area contributed by atoms with Gasteiger partial charge in [-0.25, -0.2) is 0 Å². The first-order valence-electron chi connectivity index (χ1n) is 59.0. The van der Waals surface area contributed by atoms with Crippen molar-refractivity contribution >= 4 is 41.8 Å². The minimum atomic E-state index is -0.211. The number of methoxy groups -OCH3 is 4. The summed E-state index contributed by atoms with van der Waals surface area (Å²) in [5.74, 6) is -1.06. The molecule has 0 amide bonds. The molecule has 0 aromatic rings. The van der Waals surface area contributed by atoms with Crippen LogP contribution in [0.1, 0.15) is 700 Å². The highest BCUT2D eigenvalue weighted by Crippen LogP contribution is 2.18. The molecule has 0 aliphatic carbocycles. The number of hydrogen-bond donors (Lipinski definition) is 0. The number of carbonyl (C=O) groups excluding carboxylic acids is 7. The zero-order valence-corrected chi connectivity index (χ0v) is 98.6. The summed E-state index contributed by atoms with van der Waals surface area (Å²) in [4.78, 5) is 70.9. The van der Waals surface area contributed by atoms with Crippen molar-refractivity contribution in [2.24, 2.45) is 0 Å².